The maximum absolute atomic E-state index is 11.0. The SMILES string of the molecule is Cc1cccc(Oc2ccc(-c3cn(C)c4ncnc(Cl)c34)c(CCOC(N)=O)c2)n1. The lowest BCUT2D eigenvalue weighted by Gasteiger charge is -2.13. The summed E-state index contributed by atoms with van der Waals surface area (Å²) >= 11 is 6.39. The molecule has 0 saturated heterocycles. The van der Waals surface area contributed by atoms with Crippen molar-refractivity contribution < 1.29 is 14.3 Å². The van der Waals surface area contributed by atoms with Crippen LogP contribution in [-0.2, 0) is 18.2 Å². The Bertz CT molecular complexity index is 1270. The molecule has 4 rings (SSSR count). The second kappa shape index (κ2) is 8.61. The quantitative estimate of drug-likeness (QED) is 0.447. The van der Waals surface area contributed by atoms with Crippen LogP contribution in [0.25, 0.3) is 22.2 Å². The number of pyridine rings is 1. The molecule has 0 aliphatic heterocycles. The molecule has 1 amide bonds. The van der Waals surface area contributed by atoms with Gasteiger partial charge in [0.05, 0.1) is 12.0 Å². The van der Waals surface area contributed by atoms with Crippen molar-refractivity contribution in [3.05, 3.63) is 65.3 Å². The van der Waals surface area contributed by atoms with Gasteiger partial charge in [-0.2, -0.15) is 0 Å². The fourth-order valence-corrected chi connectivity index (χ4v) is 3.67. The molecular formula is C22H20ClN5O3. The predicted octanol–water partition coefficient (Wildman–Crippen LogP) is 4.42. The average Bonchev–Trinajstić information content (AvgIpc) is 3.06. The van der Waals surface area contributed by atoms with Crippen LogP contribution < -0.4 is 10.5 Å². The van der Waals surface area contributed by atoms with Gasteiger partial charge in [-0.1, -0.05) is 23.7 Å². The largest absolute Gasteiger partial charge is 0.449 e. The zero-order valence-corrected chi connectivity index (χ0v) is 17.8. The molecule has 158 valence electrons. The summed E-state index contributed by atoms with van der Waals surface area (Å²) in [4.78, 5) is 23.9. The van der Waals surface area contributed by atoms with Crippen LogP contribution in [0.1, 0.15) is 11.3 Å². The Balaban J connectivity index is 1.77. The summed E-state index contributed by atoms with van der Waals surface area (Å²) in [6.45, 7) is 2.03. The second-order valence-corrected chi connectivity index (χ2v) is 7.33. The van der Waals surface area contributed by atoms with Gasteiger partial charge in [-0.05, 0) is 36.2 Å². The molecule has 0 spiro atoms. The van der Waals surface area contributed by atoms with E-state index >= 15 is 0 Å². The van der Waals surface area contributed by atoms with Crippen molar-refractivity contribution in [1.29, 1.82) is 0 Å². The summed E-state index contributed by atoms with van der Waals surface area (Å²) in [6, 6.07) is 11.2. The zero-order chi connectivity index (χ0) is 22.0. The Morgan fingerprint density at radius 2 is 2.03 bits per heavy atom. The molecule has 9 heteroatoms. The third kappa shape index (κ3) is 4.44. The summed E-state index contributed by atoms with van der Waals surface area (Å²) in [5.74, 6) is 1.10. The van der Waals surface area contributed by atoms with Gasteiger partial charge in [-0.15, -0.1) is 0 Å². The van der Waals surface area contributed by atoms with E-state index in [2.05, 4.69) is 15.0 Å². The molecule has 0 aliphatic carbocycles. The number of aromatic nitrogens is 4. The molecule has 3 heterocycles. The van der Waals surface area contributed by atoms with E-state index in [1.807, 2.05) is 55.1 Å². The second-order valence-electron chi connectivity index (χ2n) is 6.97. The number of nitrogens with two attached hydrogens (primary N) is 1. The molecule has 0 saturated carbocycles. The molecule has 3 aromatic heterocycles. The predicted molar refractivity (Wildman–Crippen MR) is 117 cm³/mol. The van der Waals surface area contributed by atoms with E-state index in [-0.39, 0.29) is 6.61 Å². The first kappa shape index (κ1) is 20.6. The number of aryl methyl sites for hydroxylation is 2. The summed E-state index contributed by atoms with van der Waals surface area (Å²) in [7, 11) is 1.89. The molecule has 31 heavy (non-hydrogen) atoms. The highest BCUT2D eigenvalue weighted by atomic mass is 35.5. The minimum Gasteiger partial charge on any atom is -0.449 e. The van der Waals surface area contributed by atoms with Crippen LogP contribution >= 0.6 is 11.6 Å². The Kier molecular flexibility index (Phi) is 5.73. The van der Waals surface area contributed by atoms with Gasteiger partial charge in [0.2, 0.25) is 5.88 Å². The minimum absolute atomic E-state index is 0.128. The van der Waals surface area contributed by atoms with Crippen molar-refractivity contribution in [2.75, 3.05) is 6.61 Å². The van der Waals surface area contributed by atoms with Gasteiger partial charge in [0.1, 0.15) is 22.9 Å². The molecule has 0 atom stereocenters. The number of benzene rings is 1. The van der Waals surface area contributed by atoms with Crippen LogP contribution in [0.2, 0.25) is 5.15 Å². The highest BCUT2D eigenvalue weighted by Crippen LogP contribution is 2.37. The normalized spacial score (nSPS) is 10.9. The van der Waals surface area contributed by atoms with Crippen LogP contribution in [0.15, 0.2) is 48.9 Å². The number of ether oxygens (including phenoxy) is 2. The van der Waals surface area contributed by atoms with Crippen LogP contribution in [0, 0.1) is 6.92 Å². The Labute approximate surface area is 183 Å². The molecule has 0 unspecified atom stereocenters. The van der Waals surface area contributed by atoms with E-state index < -0.39 is 6.09 Å². The number of amides is 1. The zero-order valence-electron chi connectivity index (χ0n) is 17.0. The van der Waals surface area contributed by atoms with Gasteiger partial charge in [0, 0.05) is 37.0 Å². The number of hydrogen-bond acceptors (Lipinski definition) is 6. The number of hydrogen-bond donors (Lipinski definition) is 1. The summed E-state index contributed by atoms with van der Waals surface area (Å²) in [5.41, 5.74) is 9.36. The van der Waals surface area contributed by atoms with Crippen molar-refractivity contribution >= 4 is 28.7 Å². The minimum atomic E-state index is -0.820. The van der Waals surface area contributed by atoms with E-state index in [9.17, 15) is 4.79 Å². The maximum Gasteiger partial charge on any atom is 0.404 e. The smallest absolute Gasteiger partial charge is 0.404 e. The van der Waals surface area contributed by atoms with Crippen molar-refractivity contribution in [2.45, 2.75) is 13.3 Å². The fourth-order valence-electron chi connectivity index (χ4n) is 3.44. The molecule has 0 bridgehead atoms. The Morgan fingerprint density at radius 3 is 2.81 bits per heavy atom. The first-order valence-corrected chi connectivity index (χ1v) is 9.92. The van der Waals surface area contributed by atoms with Gasteiger partial charge in [-0.3, -0.25) is 0 Å². The van der Waals surface area contributed by atoms with Crippen molar-refractivity contribution in [3.63, 3.8) is 0 Å². The molecule has 4 aromatic rings. The molecule has 8 nitrogen and oxygen atoms in total. The van der Waals surface area contributed by atoms with Crippen LogP contribution in [-0.4, -0.2) is 32.2 Å². The lowest BCUT2D eigenvalue weighted by molar-refractivity contribution is 0.158. The number of carbonyl (C=O) groups excluding carboxylic acids is 1. The van der Waals surface area contributed by atoms with Crippen LogP contribution in [0.5, 0.6) is 11.6 Å². The monoisotopic (exact) mass is 437 g/mol. The number of nitrogens with zero attached hydrogens (tertiary/aromatic N) is 4. The number of carbonyl (C=O) groups is 1. The topological polar surface area (TPSA) is 105 Å². The van der Waals surface area contributed by atoms with E-state index in [1.165, 1.54) is 6.33 Å². The number of primary amides is 1. The highest BCUT2D eigenvalue weighted by molar-refractivity contribution is 6.35. The average molecular weight is 438 g/mol. The van der Waals surface area contributed by atoms with E-state index in [0.29, 0.717) is 23.2 Å². The van der Waals surface area contributed by atoms with Crippen molar-refractivity contribution in [3.8, 4) is 22.8 Å². The molecule has 0 aliphatic rings. The van der Waals surface area contributed by atoms with Crippen molar-refractivity contribution in [2.24, 2.45) is 12.8 Å². The number of fused-ring (bicyclic) bond motifs is 1. The Hall–Kier alpha value is -3.65. The van der Waals surface area contributed by atoms with Crippen molar-refractivity contribution in [1.82, 2.24) is 19.5 Å². The van der Waals surface area contributed by atoms with Gasteiger partial charge in [-0.25, -0.2) is 19.7 Å². The van der Waals surface area contributed by atoms with Gasteiger partial charge < -0.3 is 19.8 Å². The maximum atomic E-state index is 11.0. The van der Waals surface area contributed by atoms with Gasteiger partial charge >= 0.3 is 6.09 Å². The molecule has 1 aromatic carbocycles. The molecule has 0 radical (unpaired) electrons. The Morgan fingerprint density at radius 1 is 1.19 bits per heavy atom. The van der Waals surface area contributed by atoms with E-state index in [0.717, 1.165) is 33.4 Å². The van der Waals surface area contributed by atoms with Gasteiger partial charge in [0.25, 0.3) is 0 Å². The number of rotatable bonds is 6. The third-order valence-corrected chi connectivity index (χ3v) is 5.06. The lowest BCUT2D eigenvalue weighted by Crippen LogP contribution is -2.15. The van der Waals surface area contributed by atoms with E-state index in [4.69, 9.17) is 26.8 Å². The van der Waals surface area contributed by atoms with E-state index in [1.54, 1.807) is 6.07 Å². The fraction of sp³-hybridized carbons (Fsp3) is 0.182. The van der Waals surface area contributed by atoms with Gasteiger partial charge in [0.15, 0.2) is 0 Å². The molecule has 0 fully saturated rings. The van der Waals surface area contributed by atoms with Crippen LogP contribution in [0.4, 0.5) is 4.79 Å². The first-order valence-electron chi connectivity index (χ1n) is 9.55. The first-order chi connectivity index (χ1) is 14.9. The van der Waals surface area contributed by atoms with Crippen LogP contribution in [0.3, 0.4) is 0 Å². The summed E-state index contributed by atoms with van der Waals surface area (Å²) in [5, 5.41) is 1.11. The third-order valence-electron chi connectivity index (χ3n) is 4.77. The standard InChI is InChI=1S/C22H20ClN5O3/c1-13-4-3-5-18(27-13)31-15-6-7-16(14(10-15)8-9-30-22(24)29)17-11-28(2)21-19(17)20(23)25-12-26-21/h3-7,10-12H,8-9H2,1-2H3,(H2,24,29). The highest BCUT2D eigenvalue weighted by Gasteiger charge is 2.17. The summed E-state index contributed by atoms with van der Waals surface area (Å²) < 4.78 is 12.8. The molecular weight excluding hydrogens is 418 g/mol. The number of halogens is 1. The lowest BCUT2D eigenvalue weighted by atomic mass is 9.98. The molecule has 2 N–H and O–H groups in total. The summed E-state index contributed by atoms with van der Waals surface area (Å²) in [6.07, 6.45) is 2.99.